The van der Waals surface area contributed by atoms with Gasteiger partial charge in [-0.3, -0.25) is 9.59 Å². The first-order valence-corrected chi connectivity index (χ1v) is 8.83. The Bertz CT molecular complexity index is 722. The lowest BCUT2D eigenvalue weighted by Gasteiger charge is -2.57. The molecule has 7 heteroatoms. The first kappa shape index (κ1) is 20.7. The fourth-order valence-electron chi connectivity index (χ4n) is 3.75. The highest BCUT2D eigenvalue weighted by Crippen LogP contribution is 2.50. The number of nitrogens with one attached hydrogen (secondary N) is 2. The molecule has 3 rings (SSSR count). The first-order valence-electron chi connectivity index (χ1n) is 8.83. The molecule has 1 heterocycles. The molecule has 2 amide bonds. The Kier molecular flexibility index (Phi) is 5.71. The maximum Gasteiger partial charge on any atom is 0.241 e. The second-order valence-corrected chi connectivity index (χ2v) is 7.68. The molecule has 1 aromatic rings. The molecular formula is C19H28ClN3O3. The number of fused-ring (bicyclic) bond motifs is 1. The number of anilines is 1. The third kappa shape index (κ3) is 3.21. The third-order valence-electron chi connectivity index (χ3n) is 5.84. The second-order valence-electron chi connectivity index (χ2n) is 7.68. The smallest absolute Gasteiger partial charge is 0.241 e. The van der Waals surface area contributed by atoms with Crippen molar-refractivity contribution in [2.24, 2.45) is 11.1 Å². The topological polar surface area (TPSA) is 93.4 Å². The molecule has 1 aliphatic carbocycles. The van der Waals surface area contributed by atoms with Gasteiger partial charge in [-0.25, -0.2) is 0 Å². The van der Waals surface area contributed by atoms with Gasteiger partial charge in [-0.1, -0.05) is 26.0 Å². The van der Waals surface area contributed by atoms with E-state index in [0.717, 1.165) is 16.8 Å². The van der Waals surface area contributed by atoms with Crippen molar-refractivity contribution in [1.82, 2.24) is 5.32 Å². The van der Waals surface area contributed by atoms with Gasteiger partial charge in [0.25, 0.3) is 0 Å². The van der Waals surface area contributed by atoms with Crippen LogP contribution in [0.2, 0.25) is 0 Å². The minimum Gasteiger partial charge on any atom is -0.378 e. The van der Waals surface area contributed by atoms with Gasteiger partial charge in [0.15, 0.2) is 0 Å². The molecule has 1 saturated carbocycles. The molecule has 3 atom stereocenters. The van der Waals surface area contributed by atoms with Crippen molar-refractivity contribution in [3.63, 3.8) is 0 Å². The lowest BCUT2D eigenvalue weighted by atomic mass is 9.54. The molecular weight excluding hydrogens is 354 g/mol. The number of ether oxygens (including phenoxy) is 1. The van der Waals surface area contributed by atoms with Crippen molar-refractivity contribution in [1.29, 1.82) is 0 Å². The Morgan fingerprint density at radius 3 is 2.77 bits per heavy atom. The second kappa shape index (κ2) is 7.18. The van der Waals surface area contributed by atoms with E-state index in [4.69, 9.17) is 10.5 Å². The first-order chi connectivity index (χ1) is 11.7. The van der Waals surface area contributed by atoms with Crippen LogP contribution in [-0.2, 0) is 20.7 Å². The SMILES string of the molecule is CCOC1CC(N)(C(=O)NC(C)c2ccc3c(c2)CC(=O)N3)C1(C)C.Cl. The molecule has 3 unspecified atom stereocenters. The van der Waals surface area contributed by atoms with Crippen LogP contribution in [-0.4, -0.2) is 30.1 Å². The zero-order chi connectivity index (χ0) is 18.4. The number of benzene rings is 1. The van der Waals surface area contributed by atoms with E-state index in [-0.39, 0.29) is 36.4 Å². The molecule has 144 valence electrons. The zero-order valence-corrected chi connectivity index (χ0v) is 16.5. The van der Waals surface area contributed by atoms with Gasteiger partial charge in [-0.2, -0.15) is 0 Å². The summed E-state index contributed by atoms with van der Waals surface area (Å²) in [6.45, 7) is 8.45. The van der Waals surface area contributed by atoms with Gasteiger partial charge in [0.2, 0.25) is 11.8 Å². The minimum atomic E-state index is -0.935. The van der Waals surface area contributed by atoms with Crippen LogP contribution < -0.4 is 16.4 Å². The lowest BCUT2D eigenvalue weighted by molar-refractivity contribution is -0.171. The lowest BCUT2D eigenvalue weighted by Crippen LogP contribution is -2.75. The molecule has 0 bridgehead atoms. The number of halogens is 1. The highest BCUT2D eigenvalue weighted by Gasteiger charge is 2.62. The standard InChI is InChI=1S/C19H27N3O3.ClH/c1-5-25-15-10-19(20,18(15,3)4)17(24)21-11(2)12-6-7-14-13(8-12)9-16(23)22-14;/h6-8,11,15H,5,9-10,20H2,1-4H3,(H,21,24)(H,22,23);1H. The molecule has 1 aliphatic heterocycles. The summed E-state index contributed by atoms with van der Waals surface area (Å²) in [6.07, 6.45) is 0.906. The summed E-state index contributed by atoms with van der Waals surface area (Å²) in [4.78, 5) is 24.3. The van der Waals surface area contributed by atoms with Crippen molar-refractivity contribution >= 4 is 29.9 Å². The summed E-state index contributed by atoms with van der Waals surface area (Å²) in [5.41, 5.74) is 7.86. The van der Waals surface area contributed by atoms with Gasteiger partial charge in [0.05, 0.1) is 18.6 Å². The zero-order valence-electron chi connectivity index (χ0n) is 15.7. The van der Waals surface area contributed by atoms with Crippen LogP contribution in [0.25, 0.3) is 0 Å². The Labute approximate surface area is 160 Å². The molecule has 6 nitrogen and oxygen atoms in total. The van der Waals surface area contributed by atoms with Crippen LogP contribution in [0.5, 0.6) is 0 Å². The summed E-state index contributed by atoms with van der Waals surface area (Å²) >= 11 is 0. The maximum atomic E-state index is 12.8. The Hall–Kier alpha value is -1.63. The molecule has 1 fully saturated rings. The number of nitrogens with two attached hydrogens (primary N) is 1. The number of rotatable bonds is 5. The van der Waals surface area contributed by atoms with Gasteiger partial charge in [0.1, 0.15) is 5.54 Å². The summed E-state index contributed by atoms with van der Waals surface area (Å²) in [5, 5.41) is 5.85. The predicted octanol–water partition coefficient (Wildman–Crippen LogP) is 2.31. The molecule has 2 aliphatic rings. The van der Waals surface area contributed by atoms with Gasteiger partial charge in [0, 0.05) is 24.1 Å². The fraction of sp³-hybridized carbons (Fsp3) is 0.579. The van der Waals surface area contributed by atoms with Gasteiger partial charge < -0.3 is 21.1 Å². The molecule has 26 heavy (non-hydrogen) atoms. The number of hydrogen-bond acceptors (Lipinski definition) is 4. The van der Waals surface area contributed by atoms with E-state index in [1.807, 2.05) is 45.9 Å². The van der Waals surface area contributed by atoms with Crippen LogP contribution >= 0.6 is 12.4 Å². The monoisotopic (exact) mass is 381 g/mol. The van der Waals surface area contributed by atoms with Crippen molar-refractivity contribution in [3.05, 3.63) is 29.3 Å². The fourth-order valence-corrected chi connectivity index (χ4v) is 3.75. The highest BCUT2D eigenvalue weighted by atomic mass is 35.5. The van der Waals surface area contributed by atoms with Gasteiger partial charge in [-0.15, -0.1) is 12.4 Å². The van der Waals surface area contributed by atoms with E-state index in [0.29, 0.717) is 19.4 Å². The maximum absolute atomic E-state index is 12.8. The number of carbonyl (C=O) groups is 2. The number of hydrogen-bond donors (Lipinski definition) is 3. The van der Waals surface area contributed by atoms with Crippen LogP contribution in [0.15, 0.2) is 18.2 Å². The Morgan fingerprint density at radius 1 is 1.46 bits per heavy atom. The third-order valence-corrected chi connectivity index (χ3v) is 5.84. The average Bonchev–Trinajstić information content (AvgIpc) is 2.93. The predicted molar refractivity (Wildman–Crippen MR) is 103 cm³/mol. The van der Waals surface area contributed by atoms with E-state index in [1.54, 1.807) is 0 Å². The van der Waals surface area contributed by atoms with Gasteiger partial charge in [-0.05, 0) is 31.0 Å². The van der Waals surface area contributed by atoms with E-state index < -0.39 is 11.0 Å². The van der Waals surface area contributed by atoms with Crippen LogP contribution in [0.3, 0.4) is 0 Å². The molecule has 0 saturated heterocycles. The summed E-state index contributed by atoms with van der Waals surface area (Å²) in [7, 11) is 0. The summed E-state index contributed by atoms with van der Waals surface area (Å²) in [6, 6.07) is 5.59. The van der Waals surface area contributed by atoms with Crippen molar-refractivity contribution < 1.29 is 14.3 Å². The number of carbonyl (C=O) groups excluding carboxylic acids is 2. The van der Waals surface area contributed by atoms with E-state index in [9.17, 15) is 9.59 Å². The molecule has 4 N–H and O–H groups in total. The summed E-state index contributed by atoms with van der Waals surface area (Å²) in [5.74, 6) is -0.154. The average molecular weight is 382 g/mol. The van der Waals surface area contributed by atoms with Crippen LogP contribution in [0, 0.1) is 5.41 Å². The van der Waals surface area contributed by atoms with Crippen LogP contribution in [0.1, 0.15) is 51.3 Å². The largest absolute Gasteiger partial charge is 0.378 e. The van der Waals surface area contributed by atoms with Crippen molar-refractivity contribution in [2.75, 3.05) is 11.9 Å². The Morgan fingerprint density at radius 2 is 2.15 bits per heavy atom. The molecule has 0 radical (unpaired) electrons. The van der Waals surface area contributed by atoms with Gasteiger partial charge >= 0.3 is 0 Å². The van der Waals surface area contributed by atoms with Crippen molar-refractivity contribution in [3.8, 4) is 0 Å². The quantitative estimate of drug-likeness (QED) is 0.729. The molecule has 1 aromatic carbocycles. The van der Waals surface area contributed by atoms with Crippen LogP contribution in [0.4, 0.5) is 5.69 Å². The van der Waals surface area contributed by atoms with E-state index in [2.05, 4.69) is 10.6 Å². The molecule has 0 aromatic heterocycles. The van der Waals surface area contributed by atoms with E-state index in [1.165, 1.54) is 0 Å². The minimum absolute atomic E-state index is 0. The normalized spacial score (nSPS) is 26.8. The summed E-state index contributed by atoms with van der Waals surface area (Å²) < 4.78 is 5.69. The molecule has 0 spiro atoms. The number of amides is 2. The van der Waals surface area contributed by atoms with Crippen molar-refractivity contribution in [2.45, 2.75) is 58.2 Å². The van der Waals surface area contributed by atoms with E-state index >= 15 is 0 Å². The highest BCUT2D eigenvalue weighted by molar-refractivity contribution is 5.99. The Balaban J connectivity index is 0.00000243.